The van der Waals surface area contributed by atoms with Gasteiger partial charge in [-0.2, -0.15) is 0 Å². The number of carboxylic acids is 1. The first-order chi connectivity index (χ1) is 8.06. The summed E-state index contributed by atoms with van der Waals surface area (Å²) in [5.74, 6) is -0.436. The van der Waals surface area contributed by atoms with Gasteiger partial charge >= 0.3 is 5.97 Å². The highest BCUT2D eigenvalue weighted by molar-refractivity contribution is 7.16. The quantitative estimate of drug-likeness (QED) is 0.801. The zero-order chi connectivity index (χ0) is 12.4. The Kier molecular flexibility index (Phi) is 3.23. The SMILES string of the molecule is CC1CC1C(=O)Nc1ncc(/C=C/C(=O)O)s1. The Morgan fingerprint density at radius 2 is 2.35 bits per heavy atom. The van der Waals surface area contributed by atoms with E-state index >= 15 is 0 Å². The van der Waals surface area contributed by atoms with Crippen molar-refractivity contribution >= 4 is 34.4 Å². The van der Waals surface area contributed by atoms with Crippen molar-refractivity contribution in [3.8, 4) is 0 Å². The summed E-state index contributed by atoms with van der Waals surface area (Å²) in [4.78, 5) is 26.6. The van der Waals surface area contributed by atoms with Crippen LogP contribution < -0.4 is 5.32 Å². The van der Waals surface area contributed by atoms with Crippen LogP contribution in [0.25, 0.3) is 6.08 Å². The normalized spacial score (nSPS) is 22.6. The number of carbonyl (C=O) groups is 2. The Hall–Kier alpha value is -1.69. The third-order valence-electron chi connectivity index (χ3n) is 2.59. The second-order valence-corrected chi connectivity index (χ2v) is 5.11. The highest BCUT2D eigenvalue weighted by Crippen LogP contribution is 2.38. The molecule has 1 aromatic heterocycles. The fraction of sp³-hybridized carbons (Fsp3) is 0.364. The topological polar surface area (TPSA) is 79.3 Å². The zero-order valence-electron chi connectivity index (χ0n) is 9.21. The van der Waals surface area contributed by atoms with Crippen molar-refractivity contribution in [2.45, 2.75) is 13.3 Å². The maximum Gasteiger partial charge on any atom is 0.328 e. The molecule has 0 spiro atoms. The highest BCUT2D eigenvalue weighted by atomic mass is 32.1. The predicted octanol–water partition coefficient (Wildman–Crippen LogP) is 1.84. The van der Waals surface area contributed by atoms with Gasteiger partial charge in [-0.1, -0.05) is 18.3 Å². The van der Waals surface area contributed by atoms with E-state index < -0.39 is 5.97 Å². The van der Waals surface area contributed by atoms with E-state index in [0.717, 1.165) is 12.5 Å². The molecule has 90 valence electrons. The third-order valence-corrected chi connectivity index (χ3v) is 3.47. The standard InChI is InChI=1S/C11H12N2O3S/c1-6-4-8(6)10(16)13-11-12-5-7(17-11)2-3-9(14)15/h2-3,5-6,8H,4H2,1H3,(H,14,15)(H,12,13,16)/b3-2+. The Balaban J connectivity index is 1.94. The lowest BCUT2D eigenvalue weighted by atomic mass is 10.3. The molecule has 2 unspecified atom stereocenters. The molecule has 0 bridgehead atoms. The molecule has 0 aromatic carbocycles. The van der Waals surface area contributed by atoms with Gasteiger partial charge in [-0.05, 0) is 18.4 Å². The lowest BCUT2D eigenvalue weighted by Gasteiger charge is -1.98. The van der Waals surface area contributed by atoms with E-state index in [1.807, 2.05) is 6.92 Å². The first kappa shape index (κ1) is 11.8. The molecular formula is C11H12N2O3S. The van der Waals surface area contributed by atoms with E-state index in [1.54, 1.807) is 0 Å². The maximum absolute atomic E-state index is 11.6. The second-order valence-electron chi connectivity index (χ2n) is 4.05. The first-order valence-electron chi connectivity index (χ1n) is 5.24. The van der Waals surface area contributed by atoms with Crippen molar-refractivity contribution < 1.29 is 14.7 Å². The number of nitrogens with one attached hydrogen (secondary N) is 1. The smallest absolute Gasteiger partial charge is 0.328 e. The van der Waals surface area contributed by atoms with Gasteiger partial charge in [0.05, 0.1) is 0 Å². The number of thiazole rings is 1. The first-order valence-corrected chi connectivity index (χ1v) is 6.05. The highest BCUT2D eigenvalue weighted by Gasteiger charge is 2.39. The summed E-state index contributed by atoms with van der Waals surface area (Å²) in [6.45, 7) is 2.03. The lowest BCUT2D eigenvalue weighted by Crippen LogP contribution is -2.13. The summed E-state index contributed by atoms with van der Waals surface area (Å²) < 4.78 is 0. The maximum atomic E-state index is 11.6. The lowest BCUT2D eigenvalue weighted by molar-refractivity contribution is -0.131. The molecule has 1 fully saturated rings. The summed E-state index contributed by atoms with van der Waals surface area (Å²) >= 11 is 1.26. The average molecular weight is 252 g/mol. The van der Waals surface area contributed by atoms with Crippen LogP contribution in [0.2, 0.25) is 0 Å². The summed E-state index contributed by atoms with van der Waals surface area (Å²) in [5, 5.41) is 11.7. The number of nitrogens with zero attached hydrogens (tertiary/aromatic N) is 1. The van der Waals surface area contributed by atoms with Crippen molar-refractivity contribution in [3.05, 3.63) is 17.2 Å². The number of rotatable bonds is 4. The van der Waals surface area contributed by atoms with E-state index in [9.17, 15) is 9.59 Å². The zero-order valence-corrected chi connectivity index (χ0v) is 10.0. The van der Waals surface area contributed by atoms with E-state index in [4.69, 9.17) is 5.11 Å². The number of carbonyl (C=O) groups excluding carboxylic acids is 1. The third kappa shape index (κ3) is 3.13. The molecule has 2 rings (SSSR count). The Bertz CT molecular complexity index is 481. The van der Waals surface area contributed by atoms with Gasteiger partial charge < -0.3 is 10.4 Å². The van der Waals surface area contributed by atoms with Crippen molar-refractivity contribution in [3.63, 3.8) is 0 Å². The van der Waals surface area contributed by atoms with Crippen molar-refractivity contribution in [1.29, 1.82) is 0 Å². The van der Waals surface area contributed by atoms with Crippen LogP contribution in [-0.4, -0.2) is 22.0 Å². The van der Waals surface area contributed by atoms with Crippen LogP contribution in [0.1, 0.15) is 18.2 Å². The molecule has 1 saturated carbocycles. The molecule has 0 radical (unpaired) electrons. The van der Waals surface area contributed by atoms with Crippen molar-refractivity contribution in [2.24, 2.45) is 11.8 Å². The van der Waals surface area contributed by atoms with Gasteiger partial charge in [-0.15, -0.1) is 0 Å². The Morgan fingerprint density at radius 3 is 2.94 bits per heavy atom. The van der Waals surface area contributed by atoms with Gasteiger partial charge in [0.2, 0.25) is 5.91 Å². The molecule has 0 saturated heterocycles. The molecule has 2 N–H and O–H groups in total. The van der Waals surface area contributed by atoms with Gasteiger partial charge in [-0.3, -0.25) is 4.79 Å². The van der Waals surface area contributed by atoms with E-state index in [-0.39, 0.29) is 11.8 Å². The largest absolute Gasteiger partial charge is 0.478 e. The van der Waals surface area contributed by atoms with Crippen LogP contribution in [0.3, 0.4) is 0 Å². The van der Waals surface area contributed by atoms with Gasteiger partial charge in [0.25, 0.3) is 0 Å². The van der Waals surface area contributed by atoms with Crippen LogP contribution in [0.15, 0.2) is 12.3 Å². The molecule has 5 nitrogen and oxygen atoms in total. The van der Waals surface area contributed by atoms with Crippen LogP contribution >= 0.6 is 11.3 Å². The minimum atomic E-state index is -1.00. The fourth-order valence-electron chi connectivity index (χ4n) is 1.46. The number of hydrogen-bond donors (Lipinski definition) is 2. The molecule has 6 heteroatoms. The minimum absolute atomic E-state index is 0.000569. The number of anilines is 1. The second kappa shape index (κ2) is 4.67. The molecule has 1 aromatic rings. The monoisotopic (exact) mass is 252 g/mol. The Morgan fingerprint density at radius 1 is 1.65 bits per heavy atom. The summed E-state index contributed by atoms with van der Waals surface area (Å²) in [7, 11) is 0. The van der Waals surface area contributed by atoms with Crippen LogP contribution in [0.4, 0.5) is 5.13 Å². The van der Waals surface area contributed by atoms with Crippen molar-refractivity contribution in [1.82, 2.24) is 4.98 Å². The van der Waals surface area contributed by atoms with Crippen LogP contribution in [0, 0.1) is 11.8 Å². The molecule has 2 atom stereocenters. The van der Waals surface area contributed by atoms with Crippen molar-refractivity contribution in [2.75, 3.05) is 5.32 Å². The van der Waals surface area contributed by atoms with Gasteiger partial charge in [0.15, 0.2) is 5.13 Å². The number of amides is 1. The van der Waals surface area contributed by atoms with E-state index in [1.165, 1.54) is 23.6 Å². The number of aliphatic carboxylic acids is 1. The van der Waals surface area contributed by atoms with Crippen LogP contribution in [0.5, 0.6) is 0 Å². The molecule has 1 aliphatic carbocycles. The Labute approximate surface area is 102 Å². The number of hydrogen-bond acceptors (Lipinski definition) is 4. The molecular weight excluding hydrogens is 240 g/mol. The molecule has 1 aliphatic rings. The molecule has 1 amide bonds. The molecule has 17 heavy (non-hydrogen) atoms. The summed E-state index contributed by atoms with van der Waals surface area (Å²) in [5.41, 5.74) is 0. The number of carboxylic acid groups (broad SMARTS) is 1. The van der Waals surface area contributed by atoms with Gasteiger partial charge in [0.1, 0.15) is 0 Å². The number of aromatic nitrogens is 1. The summed E-state index contributed by atoms with van der Waals surface area (Å²) in [6.07, 6.45) is 4.97. The van der Waals surface area contributed by atoms with Crippen LogP contribution in [-0.2, 0) is 9.59 Å². The molecule has 1 heterocycles. The minimum Gasteiger partial charge on any atom is -0.478 e. The van der Waals surface area contributed by atoms with Gasteiger partial charge in [0, 0.05) is 23.1 Å². The van der Waals surface area contributed by atoms with E-state index in [0.29, 0.717) is 15.9 Å². The fourth-order valence-corrected chi connectivity index (χ4v) is 2.18. The van der Waals surface area contributed by atoms with E-state index in [2.05, 4.69) is 10.3 Å². The molecule has 0 aliphatic heterocycles. The average Bonchev–Trinajstić information content (AvgIpc) is 2.83. The van der Waals surface area contributed by atoms with Gasteiger partial charge in [-0.25, -0.2) is 9.78 Å². The summed E-state index contributed by atoms with van der Waals surface area (Å²) in [6, 6.07) is 0. The predicted molar refractivity (Wildman–Crippen MR) is 64.7 cm³/mol.